The molecule has 1 heterocycles. The number of hydrogen-bond acceptors (Lipinski definition) is 4. The maximum atomic E-state index is 5.93. The van der Waals surface area contributed by atoms with Gasteiger partial charge < -0.3 is 14.2 Å². The van der Waals surface area contributed by atoms with Crippen molar-refractivity contribution < 1.29 is 4.42 Å². The van der Waals surface area contributed by atoms with Gasteiger partial charge in [0.1, 0.15) is 5.52 Å². The summed E-state index contributed by atoms with van der Waals surface area (Å²) in [5, 5.41) is 0. The predicted molar refractivity (Wildman–Crippen MR) is 117 cm³/mol. The van der Waals surface area contributed by atoms with E-state index in [0.29, 0.717) is 5.89 Å². The highest BCUT2D eigenvalue weighted by Crippen LogP contribution is 2.24. The monoisotopic (exact) mass is 363 g/mol. The van der Waals surface area contributed by atoms with E-state index in [2.05, 4.69) is 78.9 Å². The van der Waals surface area contributed by atoms with Crippen LogP contribution in [0.5, 0.6) is 0 Å². The molecule has 0 spiro atoms. The third-order valence-corrected chi connectivity index (χ3v) is 4.96. The molecule has 27 heavy (non-hydrogen) atoms. The smallest absolute Gasteiger partial charge is 0.220 e. The van der Waals surface area contributed by atoms with Gasteiger partial charge in [-0.15, -0.1) is 0 Å². The Labute approximate surface area is 162 Å². The van der Waals surface area contributed by atoms with Crippen LogP contribution in [-0.4, -0.2) is 31.2 Å². The maximum Gasteiger partial charge on any atom is 0.220 e. The van der Waals surface area contributed by atoms with Crippen LogP contribution < -0.4 is 9.80 Å². The molecule has 2 aromatic carbocycles. The SMILES string of the molecule is CCN(CC)c1ccc(C=Cc2nc3ccc(N(CC)CC)cc3o2)cc1. The van der Waals surface area contributed by atoms with Crippen molar-refractivity contribution in [2.24, 2.45) is 0 Å². The minimum atomic E-state index is 0.634. The maximum absolute atomic E-state index is 5.93. The minimum absolute atomic E-state index is 0.634. The van der Waals surface area contributed by atoms with E-state index in [4.69, 9.17) is 4.42 Å². The average molecular weight is 364 g/mol. The first-order valence-electron chi connectivity index (χ1n) is 9.87. The summed E-state index contributed by atoms with van der Waals surface area (Å²) in [5.74, 6) is 0.634. The van der Waals surface area contributed by atoms with E-state index in [1.165, 1.54) is 11.4 Å². The first-order valence-corrected chi connectivity index (χ1v) is 9.87. The van der Waals surface area contributed by atoms with Crippen molar-refractivity contribution in [1.82, 2.24) is 4.98 Å². The molecule has 0 radical (unpaired) electrons. The second-order valence-corrected chi connectivity index (χ2v) is 6.47. The lowest BCUT2D eigenvalue weighted by Gasteiger charge is -2.20. The van der Waals surface area contributed by atoms with E-state index >= 15 is 0 Å². The van der Waals surface area contributed by atoms with Crippen LogP contribution in [0.25, 0.3) is 23.3 Å². The van der Waals surface area contributed by atoms with Crippen molar-refractivity contribution in [1.29, 1.82) is 0 Å². The largest absolute Gasteiger partial charge is 0.437 e. The molecular formula is C23H29N3O. The van der Waals surface area contributed by atoms with Crippen LogP contribution in [0, 0.1) is 0 Å². The Morgan fingerprint density at radius 1 is 0.778 bits per heavy atom. The summed E-state index contributed by atoms with van der Waals surface area (Å²) in [6.07, 6.45) is 3.98. The van der Waals surface area contributed by atoms with E-state index in [9.17, 15) is 0 Å². The van der Waals surface area contributed by atoms with Crippen LogP contribution in [0.4, 0.5) is 11.4 Å². The molecule has 0 aliphatic rings. The summed E-state index contributed by atoms with van der Waals surface area (Å²) in [5.41, 5.74) is 5.28. The van der Waals surface area contributed by atoms with E-state index in [0.717, 1.165) is 42.8 Å². The van der Waals surface area contributed by atoms with Gasteiger partial charge in [0.15, 0.2) is 5.58 Å². The Bertz CT molecular complexity index is 888. The van der Waals surface area contributed by atoms with Gasteiger partial charge in [-0.2, -0.15) is 0 Å². The van der Waals surface area contributed by atoms with Crippen LogP contribution in [0.15, 0.2) is 46.9 Å². The molecule has 0 saturated carbocycles. The third kappa shape index (κ3) is 4.33. The van der Waals surface area contributed by atoms with Gasteiger partial charge >= 0.3 is 0 Å². The third-order valence-electron chi connectivity index (χ3n) is 4.96. The first kappa shape index (κ1) is 19.0. The molecule has 0 atom stereocenters. The van der Waals surface area contributed by atoms with Crippen LogP contribution in [-0.2, 0) is 0 Å². The van der Waals surface area contributed by atoms with E-state index in [-0.39, 0.29) is 0 Å². The Morgan fingerprint density at radius 2 is 1.37 bits per heavy atom. The van der Waals surface area contributed by atoms with E-state index in [1.54, 1.807) is 0 Å². The predicted octanol–water partition coefficient (Wildman–Crippen LogP) is 5.69. The Hall–Kier alpha value is -2.75. The highest BCUT2D eigenvalue weighted by Gasteiger charge is 2.08. The molecule has 3 aromatic rings. The average Bonchev–Trinajstić information content (AvgIpc) is 3.11. The molecule has 0 fully saturated rings. The molecule has 0 bridgehead atoms. The standard InChI is InChI=1S/C23H29N3O/c1-5-25(6-2)19-12-9-18(10-13-19)11-16-23-24-21-15-14-20(17-22(21)27-23)26(7-3)8-4/h9-17H,5-8H2,1-4H3. The summed E-state index contributed by atoms with van der Waals surface area (Å²) < 4.78 is 5.93. The number of anilines is 2. The van der Waals surface area contributed by atoms with Gasteiger partial charge in [-0.1, -0.05) is 12.1 Å². The molecular weight excluding hydrogens is 334 g/mol. The lowest BCUT2D eigenvalue weighted by Crippen LogP contribution is -2.21. The van der Waals surface area contributed by atoms with E-state index in [1.807, 2.05) is 18.2 Å². The number of rotatable bonds is 8. The van der Waals surface area contributed by atoms with Crippen molar-refractivity contribution >= 4 is 34.6 Å². The molecule has 1 aromatic heterocycles. The lowest BCUT2D eigenvalue weighted by atomic mass is 10.2. The Morgan fingerprint density at radius 3 is 2.00 bits per heavy atom. The van der Waals surface area contributed by atoms with Gasteiger partial charge in [0.05, 0.1) is 0 Å². The summed E-state index contributed by atoms with van der Waals surface area (Å²) in [7, 11) is 0. The molecule has 4 heteroatoms. The number of aromatic nitrogens is 1. The number of hydrogen-bond donors (Lipinski definition) is 0. The fourth-order valence-electron chi connectivity index (χ4n) is 3.34. The van der Waals surface area contributed by atoms with Gasteiger partial charge in [0.2, 0.25) is 5.89 Å². The van der Waals surface area contributed by atoms with E-state index < -0.39 is 0 Å². The topological polar surface area (TPSA) is 32.5 Å². The fraction of sp³-hybridized carbons (Fsp3) is 0.348. The number of benzene rings is 2. The van der Waals surface area contributed by atoms with Crippen LogP contribution in [0.1, 0.15) is 39.1 Å². The summed E-state index contributed by atoms with van der Waals surface area (Å²) in [4.78, 5) is 9.21. The van der Waals surface area contributed by atoms with Crippen LogP contribution in [0.3, 0.4) is 0 Å². The highest BCUT2D eigenvalue weighted by atomic mass is 16.3. The fourth-order valence-corrected chi connectivity index (χ4v) is 3.34. The summed E-state index contributed by atoms with van der Waals surface area (Å²) >= 11 is 0. The zero-order valence-corrected chi connectivity index (χ0v) is 16.8. The zero-order valence-electron chi connectivity index (χ0n) is 16.8. The van der Waals surface area contributed by atoms with Crippen molar-refractivity contribution in [2.75, 3.05) is 36.0 Å². The summed E-state index contributed by atoms with van der Waals surface area (Å²) in [6, 6.07) is 14.8. The minimum Gasteiger partial charge on any atom is -0.437 e. The van der Waals surface area contributed by atoms with Gasteiger partial charge in [-0.25, -0.2) is 4.98 Å². The Balaban J connectivity index is 1.77. The summed E-state index contributed by atoms with van der Waals surface area (Å²) in [6.45, 7) is 12.7. The molecule has 0 aliphatic carbocycles. The van der Waals surface area contributed by atoms with Crippen LogP contribution >= 0.6 is 0 Å². The van der Waals surface area contributed by atoms with Gasteiger partial charge in [-0.05, 0) is 63.6 Å². The molecule has 142 valence electrons. The quantitative estimate of drug-likeness (QED) is 0.514. The normalized spacial score (nSPS) is 11.4. The van der Waals surface area contributed by atoms with Crippen molar-refractivity contribution in [3.63, 3.8) is 0 Å². The van der Waals surface area contributed by atoms with Crippen molar-refractivity contribution in [3.8, 4) is 0 Å². The molecule has 4 nitrogen and oxygen atoms in total. The second kappa shape index (κ2) is 8.76. The van der Waals surface area contributed by atoms with Gasteiger partial charge in [0.25, 0.3) is 0 Å². The zero-order chi connectivity index (χ0) is 19.2. The molecule has 0 aliphatic heterocycles. The lowest BCUT2D eigenvalue weighted by molar-refractivity contribution is 0.589. The number of nitrogens with zero attached hydrogens (tertiary/aromatic N) is 3. The van der Waals surface area contributed by atoms with Crippen molar-refractivity contribution in [3.05, 3.63) is 53.9 Å². The van der Waals surface area contributed by atoms with Crippen LogP contribution in [0.2, 0.25) is 0 Å². The first-order chi connectivity index (χ1) is 13.2. The number of fused-ring (bicyclic) bond motifs is 1. The van der Waals surface area contributed by atoms with Gasteiger partial charge in [-0.3, -0.25) is 0 Å². The van der Waals surface area contributed by atoms with Gasteiger partial charge in [0, 0.05) is 49.7 Å². The molecule has 0 saturated heterocycles. The number of oxazole rings is 1. The highest BCUT2D eigenvalue weighted by molar-refractivity contribution is 5.80. The molecule has 3 rings (SSSR count). The Kier molecular flexibility index (Phi) is 6.17. The molecule has 0 unspecified atom stereocenters. The van der Waals surface area contributed by atoms with Crippen molar-refractivity contribution in [2.45, 2.75) is 27.7 Å². The second-order valence-electron chi connectivity index (χ2n) is 6.47. The molecule has 0 N–H and O–H groups in total. The molecule has 0 amide bonds.